The van der Waals surface area contributed by atoms with Gasteiger partial charge in [-0.05, 0) is 24.3 Å². The van der Waals surface area contributed by atoms with Crippen LogP contribution in [0.4, 0.5) is 11.4 Å². The number of aromatic nitrogens is 1. The van der Waals surface area contributed by atoms with Crippen LogP contribution in [0.15, 0.2) is 30.5 Å². The van der Waals surface area contributed by atoms with Gasteiger partial charge in [-0.3, -0.25) is 14.9 Å². The molecule has 0 aliphatic rings. The number of hydrogen-bond donors (Lipinski definition) is 1. The normalized spacial score (nSPS) is 10.2. The molecule has 1 N–H and O–H groups in total. The van der Waals surface area contributed by atoms with Crippen LogP contribution in [0.3, 0.4) is 0 Å². The zero-order valence-electron chi connectivity index (χ0n) is 10.1. The molecule has 108 valence electrons. The highest BCUT2D eigenvalue weighted by Crippen LogP contribution is 2.26. The molecule has 0 bridgehead atoms. The number of nitrogens with one attached hydrogen (secondary N) is 1. The Morgan fingerprint density at radius 2 is 1.90 bits per heavy atom. The van der Waals surface area contributed by atoms with Crippen molar-refractivity contribution >= 4 is 52.1 Å². The first kappa shape index (κ1) is 15.5. The Balaban J connectivity index is 2.34. The van der Waals surface area contributed by atoms with Crippen LogP contribution >= 0.6 is 34.8 Å². The van der Waals surface area contributed by atoms with E-state index >= 15 is 0 Å². The van der Waals surface area contributed by atoms with Crippen LogP contribution in [-0.2, 0) is 0 Å². The Kier molecular flexibility index (Phi) is 4.62. The lowest BCUT2D eigenvalue weighted by atomic mass is 10.2. The lowest BCUT2D eigenvalue weighted by molar-refractivity contribution is -0.385. The molecule has 0 radical (unpaired) electrons. The van der Waals surface area contributed by atoms with E-state index < -0.39 is 16.5 Å². The molecule has 1 amide bonds. The molecule has 0 aliphatic heterocycles. The third-order valence-electron chi connectivity index (χ3n) is 2.47. The molecular weight excluding hydrogens is 341 g/mol. The van der Waals surface area contributed by atoms with E-state index in [0.29, 0.717) is 10.7 Å². The van der Waals surface area contributed by atoms with Crippen LogP contribution in [0.5, 0.6) is 0 Å². The fraction of sp³-hybridized carbons (Fsp3) is 0. The fourth-order valence-corrected chi connectivity index (χ4v) is 1.98. The number of rotatable bonds is 3. The monoisotopic (exact) mass is 345 g/mol. The Hall–Kier alpha value is -1.89. The summed E-state index contributed by atoms with van der Waals surface area (Å²) in [6.07, 6.45) is 0.923. The molecule has 6 nitrogen and oxygen atoms in total. The quantitative estimate of drug-likeness (QED) is 0.512. The molecule has 21 heavy (non-hydrogen) atoms. The van der Waals surface area contributed by atoms with Crippen molar-refractivity contribution in [2.75, 3.05) is 5.32 Å². The lowest BCUT2D eigenvalue weighted by Gasteiger charge is -2.07. The predicted octanol–water partition coefficient (Wildman–Crippen LogP) is 4.20. The predicted molar refractivity (Wildman–Crippen MR) is 80.3 cm³/mol. The van der Waals surface area contributed by atoms with Crippen molar-refractivity contribution < 1.29 is 9.72 Å². The molecule has 0 saturated heterocycles. The van der Waals surface area contributed by atoms with Crippen molar-refractivity contribution in [2.24, 2.45) is 0 Å². The van der Waals surface area contributed by atoms with Crippen LogP contribution in [0.1, 0.15) is 10.4 Å². The maximum atomic E-state index is 12.1. The molecule has 0 atom stereocenters. The SMILES string of the molecule is O=C(Nc1ccc(Cl)c(Cl)c1)c1cc(Cl)ncc1[N+](=O)[O-]. The third-order valence-corrected chi connectivity index (χ3v) is 3.41. The van der Waals surface area contributed by atoms with Gasteiger partial charge in [0.2, 0.25) is 0 Å². The summed E-state index contributed by atoms with van der Waals surface area (Å²) in [5, 5.41) is 13.9. The zero-order chi connectivity index (χ0) is 15.6. The van der Waals surface area contributed by atoms with E-state index in [4.69, 9.17) is 34.8 Å². The molecule has 1 aromatic carbocycles. The number of halogens is 3. The van der Waals surface area contributed by atoms with Gasteiger partial charge in [-0.1, -0.05) is 34.8 Å². The molecule has 0 spiro atoms. The summed E-state index contributed by atoms with van der Waals surface area (Å²) in [4.78, 5) is 25.9. The summed E-state index contributed by atoms with van der Waals surface area (Å²) >= 11 is 17.3. The molecule has 0 unspecified atom stereocenters. The highest BCUT2D eigenvalue weighted by molar-refractivity contribution is 6.42. The van der Waals surface area contributed by atoms with Crippen LogP contribution in [0.25, 0.3) is 0 Å². The highest BCUT2D eigenvalue weighted by atomic mass is 35.5. The maximum absolute atomic E-state index is 12.1. The smallest absolute Gasteiger partial charge is 0.300 e. The summed E-state index contributed by atoms with van der Waals surface area (Å²) in [5.41, 5.74) is -0.306. The topological polar surface area (TPSA) is 85.1 Å². The van der Waals surface area contributed by atoms with Crippen LogP contribution in [0, 0.1) is 10.1 Å². The molecule has 0 aliphatic carbocycles. The molecule has 9 heteroatoms. The van der Waals surface area contributed by atoms with Crippen LogP contribution in [-0.4, -0.2) is 15.8 Å². The highest BCUT2D eigenvalue weighted by Gasteiger charge is 2.21. The van der Waals surface area contributed by atoms with E-state index in [9.17, 15) is 14.9 Å². The second kappa shape index (κ2) is 6.26. The Morgan fingerprint density at radius 3 is 2.52 bits per heavy atom. The van der Waals surface area contributed by atoms with Crippen molar-refractivity contribution in [1.29, 1.82) is 0 Å². The Labute approximate surface area is 133 Å². The summed E-state index contributed by atoms with van der Waals surface area (Å²) in [6.45, 7) is 0. The van der Waals surface area contributed by atoms with Gasteiger partial charge in [0, 0.05) is 5.69 Å². The first-order valence-electron chi connectivity index (χ1n) is 5.45. The van der Waals surface area contributed by atoms with Gasteiger partial charge in [0.1, 0.15) is 16.9 Å². The van der Waals surface area contributed by atoms with Crippen molar-refractivity contribution in [3.8, 4) is 0 Å². The van der Waals surface area contributed by atoms with E-state index in [2.05, 4.69) is 10.3 Å². The minimum Gasteiger partial charge on any atom is -0.322 e. The number of pyridine rings is 1. The lowest BCUT2D eigenvalue weighted by Crippen LogP contribution is -2.14. The summed E-state index contributed by atoms with van der Waals surface area (Å²) in [7, 11) is 0. The van der Waals surface area contributed by atoms with Crippen LogP contribution in [0.2, 0.25) is 15.2 Å². The second-order valence-corrected chi connectivity index (χ2v) is 5.07. The number of carbonyl (C=O) groups is 1. The number of amides is 1. The van der Waals surface area contributed by atoms with E-state index in [1.807, 2.05) is 0 Å². The third kappa shape index (κ3) is 3.60. The average Bonchev–Trinajstić information content (AvgIpc) is 2.42. The number of nitrogens with zero attached hydrogens (tertiary/aromatic N) is 2. The summed E-state index contributed by atoms with van der Waals surface area (Å²) < 4.78 is 0. The second-order valence-electron chi connectivity index (χ2n) is 3.86. The first-order chi connectivity index (χ1) is 9.88. The molecule has 1 heterocycles. The maximum Gasteiger partial charge on any atom is 0.300 e. The van der Waals surface area contributed by atoms with E-state index in [-0.39, 0.29) is 15.7 Å². The summed E-state index contributed by atoms with van der Waals surface area (Å²) in [5.74, 6) is -0.704. The van der Waals surface area contributed by atoms with Gasteiger partial charge in [0.05, 0.1) is 15.0 Å². The molecule has 0 fully saturated rings. The van der Waals surface area contributed by atoms with Crippen molar-refractivity contribution in [1.82, 2.24) is 4.98 Å². The first-order valence-corrected chi connectivity index (χ1v) is 6.58. The number of anilines is 1. The van der Waals surface area contributed by atoms with Gasteiger partial charge in [0.25, 0.3) is 11.6 Å². The average molecular weight is 347 g/mol. The van der Waals surface area contributed by atoms with Crippen molar-refractivity contribution in [3.05, 3.63) is 61.3 Å². The van der Waals surface area contributed by atoms with Gasteiger partial charge in [-0.25, -0.2) is 4.98 Å². The van der Waals surface area contributed by atoms with E-state index in [1.54, 1.807) is 0 Å². The van der Waals surface area contributed by atoms with Gasteiger partial charge in [-0.15, -0.1) is 0 Å². The molecule has 2 rings (SSSR count). The minimum absolute atomic E-state index is 0.0279. The van der Waals surface area contributed by atoms with E-state index in [0.717, 1.165) is 12.3 Å². The Morgan fingerprint density at radius 1 is 1.19 bits per heavy atom. The van der Waals surface area contributed by atoms with E-state index in [1.165, 1.54) is 18.2 Å². The molecular formula is C12H6Cl3N3O3. The zero-order valence-corrected chi connectivity index (χ0v) is 12.4. The molecule has 2 aromatic rings. The fourth-order valence-electron chi connectivity index (χ4n) is 1.52. The number of benzene rings is 1. The number of hydrogen-bond acceptors (Lipinski definition) is 4. The number of nitro groups is 1. The largest absolute Gasteiger partial charge is 0.322 e. The minimum atomic E-state index is -0.715. The van der Waals surface area contributed by atoms with Gasteiger partial charge >= 0.3 is 0 Å². The van der Waals surface area contributed by atoms with Gasteiger partial charge in [0.15, 0.2) is 0 Å². The molecule has 1 aromatic heterocycles. The Bertz CT molecular complexity index is 737. The number of carbonyl (C=O) groups excluding carboxylic acids is 1. The summed E-state index contributed by atoms with van der Waals surface area (Å²) in [6, 6.07) is 5.55. The van der Waals surface area contributed by atoms with Crippen molar-refractivity contribution in [3.63, 3.8) is 0 Å². The molecule has 0 saturated carbocycles. The van der Waals surface area contributed by atoms with Crippen molar-refractivity contribution in [2.45, 2.75) is 0 Å². The standard InChI is InChI=1S/C12H6Cl3N3O3/c13-8-2-1-6(3-9(8)14)17-12(19)7-4-11(15)16-5-10(7)18(20)21/h1-5H,(H,17,19). The van der Waals surface area contributed by atoms with Crippen LogP contribution < -0.4 is 5.32 Å². The van der Waals surface area contributed by atoms with Gasteiger partial charge < -0.3 is 5.32 Å². The van der Waals surface area contributed by atoms with Gasteiger partial charge in [-0.2, -0.15) is 0 Å².